The van der Waals surface area contributed by atoms with Gasteiger partial charge < -0.3 is 9.15 Å². The molecule has 180 valence electrons. The Bertz CT molecular complexity index is 1480. The molecule has 1 aliphatic heterocycles. The molecule has 0 amide bonds. The lowest BCUT2D eigenvalue weighted by atomic mass is 10.2. The standard InChI is InChI=1S/C24H21FN4O4S2/c25-19-5-3-18(4-6-19)16-26-29-22(23-2-1-13-33-23)17-34-24(29)27-20-7-9-21(10-8-20)35(30,31)28-11-14-32-15-12-28/h1-10,13,16-17H,11-12,14-15H2. The van der Waals surface area contributed by atoms with Gasteiger partial charge in [-0.1, -0.05) is 12.1 Å². The predicted octanol–water partition coefficient (Wildman–Crippen LogP) is 4.08. The van der Waals surface area contributed by atoms with Crippen LogP contribution in [0.15, 0.2) is 91.7 Å². The Kier molecular flexibility index (Phi) is 6.73. The lowest BCUT2D eigenvalue weighted by Crippen LogP contribution is -2.40. The third kappa shape index (κ3) is 5.17. The molecule has 5 rings (SSSR count). The lowest BCUT2D eigenvalue weighted by molar-refractivity contribution is 0.0730. The van der Waals surface area contributed by atoms with Crippen molar-refractivity contribution in [2.45, 2.75) is 4.90 Å². The number of hydrogen-bond acceptors (Lipinski definition) is 7. The second-order valence-electron chi connectivity index (χ2n) is 7.61. The van der Waals surface area contributed by atoms with Gasteiger partial charge in [0.2, 0.25) is 14.8 Å². The summed E-state index contributed by atoms with van der Waals surface area (Å²) in [5, 5.41) is 6.42. The summed E-state index contributed by atoms with van der Waals surface area (Å²) < 4.78 is 52.8. The van der Waals surface area contributed by atoms with Gasteiger partial charge in [-0.3, -0.25) is 0 Å². The van der Waals surface area contributed by atoms with Gasteiger partial charge in [-0.2, -0.15) is 9.41 Å². The average Bonchev–Trinajstić information content (AvgIpc) is 3.55. The van der Waals surface area contributed by atoms with Gasteiger partial charge >= 0.3 is 0 Å². The molecular weight excluding hydrogens is 491 g/mol. The van der Waals surface area contributed by atoms with Crippen LogP contribution < -0.4 is 4.80 Å². The molecule has 1 aliphatic rings. The first-order valence-corrected chi connectivity index (χ1v) is 13.1. The molecule has 8 nitrogen and oxygen atoms in total. The minimum atomic E-state index is -3.58. The molecule has 0 aliphatic carbocycles. The van der Waals surface area contributed by atoms with Gasteiger partial charge in [-0.25, -0.2) is 22.5 Å². The molecule has 0 atom stereocenters. The Balaban J connectivity index is 1.49. The van der Waals surface area contributed by atoms with E-state index in [9.17, 15) is 12.8 Å². The molecule has 1 fully saturated rings. The van der Waals surface area contributed by atoms with E-state index in [2.05, 4.69) is 10.1 Å². The van der Waals surface area contributed by atoms with Crippen LogP contribution in [-0.2, 0) is 14.8 Å². The van der Waals surface area contributed by atoms with E-state index in [1.54, 1.807) is 59.6 Å². The van der Waals surface area contributed by atoms with Crippen molar-refractivity contribution in [2.24, 2.45) is 10.1 Å². The monoisotopic (exact) mass is 512 g/mol. The molecule has 0 radical (unpaired) electrons. The van der Waals surface area contributed by atoms with E-state index in [-0.39, 0.29) is 10.7 Å². The second-order valence-corrected chi connectivity index (χ2v) is 10.4. The van der Waals surface area contributed by atoms with Crippen molar-refractivity contribution in [1.82, 2.24) is 8.98 Å². The van der Waals surface area contributed by atoms with E-state index in [0.29, 0.717) is 48.2 Å². The third-order valence-corrected chi connectivity index (χ3v) is 8.05. The van der Waals surface area contributed by atoms with E-state index in [1.165, 1.54) is 27.8 Å². The first kappa shape index (κ1) is 23.4. The number of rotatable bonds is 6. The Hall–Kier alpha value is -3.38. The van der Waals surface area contributed by atoms with Crippen LogP contribution in [0, 0.1) is 5.82 Å². The fraction of sp³-hybridized carbons (Fsp3) is 0.167. The summed E-state index contributed by atoms with van der Waals surface area (Å²) in [5.74, 6) is 0.294. The number of morpholine rings is 1. The maximum atomic E-state index is 13.2. The smallest absolute Gasteiger partial charge is 0.243 e. The zero-order valence-corrected chi connectivity index (χ0v) is 20.1. The topological polar surface area (TPSA) is 89.4 Å². The quantitative estimate of drug-likeness (QED) is 0.364. The lowest BCUT2D eigenvalue weighted by Gasteiger charge is -2.26. The number of furan rings is 1. The summed E-state index contributed by atoms with van der Waals surface area (Å²) in [5.41, 5.74) is 1.99. The fourth-order valence-electron chi connectivity index (χ4n) is 3.50. The molecule has 2 aromatic heterocycles. The molecule has 3 heterocycles. The van der Waals surface area contributed by atoms with E-state index >= 15 is 0 Å². The van der Waals surface area contributed by atoms with Crippen molar-refractivity contribution >= 4 is 33.3 Å². The number of hydrogen-bond donors (Lipinski definition) is 0. The number of sulfonamides is 1. The molecule has 2 aromatic carbocycles. The van der Waals surface area contributed by atoms with Crippen molar-refractivity contribution in [3.05, 3.63) is 88.5 Å². The summed E-state index contributed by atoms with van der Waals surface area (Å²) in [6.07, 6.45) is 3.18. The molecule has 1 saturated heterocycles. The molecule has 0 N–H and O–H groups in total. The number of benzene rings is 2. The zero-order chi connectivity index (χ0) is 24.3. The average molecular weight is 513 g/mol. The molecule has 0 unspecified atom stereocenters. The molecule has 4 aromatic rings. The van der Waals surface area contributed by atoms with Gasteiger partial charge in [0.1, 0.15) is 11.5 Å². The van der Waals surface area contributed by atoms with Crippen LogP contribution in [0.4, 0.5) is 10.1 Å². The zero-order valence-electron chi connectivity index (χ0n) is 18.5. The van der Waals surface area contributed by atoms with E-state index in [0.717, 1.165) is 5.56 Å². The van der Waals surface area contributed by atoms with Gasteiger partial charge in [0.05, 0.1) is 36.3 Å². The Morgan fingerprint density at radius 2 is 1.74 bits per heavy atom. The molecule has 0 spiro atoms. The van der Waals surface area contributed by atoms with Crippen LogP contribution in [0.1, 0.15) is 5.56 Å². The van der Waals surface area contributed by atoms with Crippen LogP contribution in [0.25, 0.3) is 11.5 Å². The van der Waals surface area contributed by atoms with E-state index < -0.39 is 10.0 Å². The third-order valence-electron chi connectivity index (χ3n) is 5.32. The van der Waals surface area contributed by atoms with Crippen LogP contribution in [0.3, 0.4) is 0 Å². The summed E-state index contributed by atoms with van der Waals surface area (Å²) >= 11 is 1.36. The molecular formula is C24H21FN4O4S2. The summed E-state index contributed by atoms with van der Waals surface area (Å²) in [4.78, 5) is 5.44. The predicted molar refractivity (Wildman–Crippen MR) is 131 cm³/mol. The van der Waals surface area contributed by atoms with E-state index in [4.69, 9.17) is 9.15 Å². The van der Waals surface area contributed by atoms with E-state index in [1.807, 2.05) is 11.4 Å². The first-order chi connectivity index (χ1) is 17.0. The van der Waals surface area contributed by atoms with Crippen molar-refractivity contribution in [3.63, 3.8) is 0 Å². The summed E-state index contributed by atoms with van der Waals surface area (Å²) in [7, 11) is -3.58. The highest BCUT2D eigenvalue weighted by Crippen LogP contribution is 2.23. The number of halogens is 1. The summed E-state index contributed by atoms with van der Waals surface area (Å²) in [6.45, 7) is 1.46. The van der Waals surface area contributed by atoms with Crippen LogP contribution >= 0.6 is 11.3 Å². The van der Waals surface area contributed by atoms with Crippen molar-refractivity contribution < 1.29 is 22.0 Å². The molecule has 0 saturated carbocycles. The Morgan fingerprint density at radius 1 is 1.00 bits per heavy atom. The highest BCUT2D eigenvalue weighted by molar-refractivity contribution is 7.89. The summed E-state index contributed by atoms with van der Waals surface area (Å²) in [6, 6.07) is 16.0. The number of nitrogens with zero attached hydrogens (tertiary/aromatic N) is 4. The fourth-order valence-corrected chi connectivity index (χ4v) is 5.74. The van der Waals surface area contributed by atoms with Gasteiger partial charge in [-0.05, 0) is 54.1 Å². The minimum Gasteiger partial charge on any atom is -0.463 e. The maximum Gasteiger partial charge on any atom is 0.243 e. The Morgan fingerprint density at radius 3 is 2.43 bits per heavy atom. The number of ether oxygens (including phenoxy) is 1. The first-order valence-electron chi connectivity index (χ1n) is 10.8. The van der Waals surface area contributed by atoms with Crippen LogP contribution in [0.5, 0.6) is 0 Å². The Labute approximate surface area is 205 Å². The van der Waals surface area contributed by atoms with Crippen molar-refractivity contribution in [2.75, 3.05) is 26.3 Å². The molecule has 0 bridgehead atoms. The highest BCUT2D eigenvalue weighted by atomic mass is 32.2. The minimum absolute atomic E-state index is 0.211. The van der Waals surface area contributed by atoms with Gasteiger partial charge in [0.15, 0.2) is 5.76 Å². The van der Waals surface area contributed by atoms with Crippen molar-refractivity contribution in [1.29, 1.82) is 0 Å². The number of aromatic nitrogens is 1. The number of thiazole rings is 1. The maximum absolute atomic E-state index is 13.2. The van der Waals surface area contributed by atoms with Gasteiger partial charge in [-0.15, -0.1) is 11.3 Å². The normalized spacial score (nSPS) is 15.7. The largest absolute Gasteiger partial charge is 0.463 e. The molecule has 11 heteroatoms. The van der Waals surface area contributed by atoms with Crippen LogP contribution in [0.2, 0.25) is 0 Å². The SMILES string of the molecule is O=S(=O)(c1ccc(N=c2scc(-c3ccco3)n2N=Cc2ccc(F)cc2)cc1)N1CCOCC1. The van der Waals surface area contributed by atoms with Gasteiger partial charge in [0, 0.05) is 18.5 Å². The van der Waals surface area contributed by atoms with Crippen LogP contribution in [-0.4, -0.2) is 49.9 Å². The van der Waals surface area contributed by atoms with Gasteiger partial charge in [0.25, 0.3) is 0 Å². The van der Waals surface area contributed by atoms with Crippen molar-refractivity contribution in [3.8, 4) is 11.5 Å². The second kappa shape index (κ2) is 10.1. The highest BCUT2D eigenvalue weighted by Gasteiger charge is 2.26. The molecule has 35 heavy (non-hydrogen) atoms.